The molecule has 2 fully saturated rings. The first kappa shape index (κ1) is 37.4. The van der Waals surface area contributed by atoms with Crippen LogP contribution in [0.25, 0.3) is 11.3 Å². The number of aliphatic hydroxyl groups is 2. The molecule has 1 aromatic carbocycles. The number of amides is 1. The molecule has 0 saturated carbocycles. The highest BCUT2D eigenvalue weighted by Gasteiger charge is 2.34. The molecule has 2 aliphatic rings. The zero-order valence-corrected chi connectivity index (χ0v) is 28.0. The predicted octanol–water partition coefficient (Wildman–Crippen LogP) is 4.06. The summed E-state index contributed by atoms with van der Waals surface area (Å²) in [5, 5.41) is 30.9. The number of benzene rings is 1. The van der Waals surface area contributed by atoms with E-state index in [4.69, 9.17) is 4.74 Å². The lowest BCUT2D eigenvalue weighted by Gasteiger charge is -2.25. The number of carbonyl (C=O) groups excluding carboxylic acids is 2. The molecular weight excluding hydrogens is 558 g/mol. The van der Waals surface area contributed by atoms with E-state index in [-0.39, 0.29) is 18.4 Å². The molecule has 0 aliphatic carbocycles. The van der Waals surface area contributed by atoms with Crippen LogP contribution >= 0.6 is 0 Å². The molecule has 4 atom stereocenters. The van der Waals surface area contributed by atoms with Gasteiger partial charge in [0.1, 0.15) is 12.0 Å². The fourth-order valence-corrected chi connectivity index (χ4v) is 5.37. The van der Waals surface area contributed by atoms with E-state index >= 15 is 0 Å². The molecule has 4 rings (SSSR count). The van der Waals surface area contributed by atoms with E-state index in [0.717, 1.165) is 62.0 Å². The number of ether oxygens (including phenoxy) is 1. The predicted molar refractivity (Wildman–Crippen MR) is 175 cm³/mol. The number of aromatic nitrogens is 2. The van der Waals surface area contributed by atoms with Gasteiger partial charge in [-0.3, -0.25) is 14.4 Å². The van der Waals surface area contributed by atoms with Crippen LogP contribution in [-0.2, 0) is 16.1 Å². The Labute approximate surface area is 264 Å². The Hall–Kier alpha value is -2.79. The number of carbonyl (C=O) groups is 2. The quantitative estimate of drug-likeness (QED) is 0.263. The maximum atomic E-state index is 13.0. The molecule has 2 aromatic rings. The fraction of sp³-hybridized carbons (Fsp3) is 0.676. The molecule has 0 spiro atoms. The van der Waals surface area contributed by atoms with Gasteiger partial charge in [-0.05, 0) is 76.7 Å². The zero-order valence-electron chi connectivity index (χ0n) is 28.0. The minimum Gasteiger partial charge on any atom is -0.493 e. The van der Waals surface area contributed by atoms with Crippen LogP contribution in [0.5, 0.6) is 5.75 Å². The summed E-state index contributed by atoms with van der Waals surface area (Å²) in [6, 6.07) is 6.86. The standard InChI is InChI=1S/C26H39N5O4.C6H12O.C2H6/c1-3-31-23(8-12-28-31)19-4-5-21(25(14-19)35-13-9-18-6-10-27-11-7-18)22(17-32)29-26(34)24-15-20(33)16-30(24)2;1-5(2)6(3)4-7;1-2/h4-5,8,12,14,18,20,22,24,27,32-33H,3,6-7,9-11,13,15-17H2,1-2H3,(H,29,34);4-6H,1-3H3;1-2H3. The number of likely N-dealkylation sites (tertiary alicyclic amines) is 1. The summed E-state index contributed by atoms with van der Waals surface area (Å²) in [6.07, 6.45) is 5.93. The second-order valence-electron chi connectivity index (χ2n) is 11.9. The number of piperidine rings is 1. The molecule has 4 N–H and O–H groups in total. The van der Waals surface area contributed by atoms with Gasteiger partial charge in [0, 0.05) is 36.3 Å². The summed E-state index contributed by atoms with van der Waals surface area (Å²) < 4.78 is 8.25. The van der Waals surface area contributed by atoms with Gasteiger partial charge in [-0.25, -0.2) is 0 Å². The van der Waals surface area contributed by atoms with E-state index in [2.05, 4.69) is 22.7 Å². The number of nitrogens with zero attached hydrogens (tertiary/aromatic N) is 3. The minimum absolute atomic E-state index is 0.197. The molecule has 0 radical (unpaired) electrons. The van der Waals surface area contributed by atoms with Gasteiger partial charge >= 0.3 is 0 Å². The molecule has 10 heteroatoms. The van der Waals surface area contributed by atoms with E-state index in [1.807, 2.05) is 75.5 Å². The molecule has 2 aliphatic heterocycles. The normalized spacial score (nSPS) is 20.1. The summed E-state index contributed by atoms with van der Waals surface area (Å²) in [5.41, 5.74) is 2.72. The smallest absolute Gasteiger partial charge is 0.238 e. The van der Waals surface area contributed by atoms with Crippen molar-refractivity contribution in [1.29, 1.82) is 0 Å². The topological polar surface area (TPSA) is 129 Å². The number of hydrogen-bond donors (Lipinski definition) is 4. The molecule has 248 valence electrons. The average molecular weight is 616 g/mol. The Kier molecular flexibility index (Phi) is 16.6. The summed E-state index contributed by atoms with van der Waals surface area (Å²) in [4.78, 5) is 24.8. The van der Waals surface area contributed by atoms with Crippen molar-refractivity contribution < 1.29 is 24.5 Å². The number of likely N-dealkylation sites (N-methyl/N-ethyl adjacent to an activating group) is 1. The first-order valence-electron chi connectivity index (χ1n) is 16.4. The highest BCUT2D eigenvalue weighted by atomic mass is 16.5. The number of hydrogen-bond acceptors (Lipinski definition) is 8. The summed E-state index contributed by atoms with van der Waals surface area (Å²) >= 11 is 0. The van der Waals surface area contributed by atoms with E-state index in [1.54, 1.807) is 6.20 Å². The highest BCUT2D eigenvalue weighted by molar-refractivity contribution is 5.82. The van der Waals surface area contributed by atoms with Gasteiger partial charge in [-0.2, -0.15) is 5.10 Å². The van der Waals surface area contributed by atoms with Crippen LogP contribution in [0.15, 0.2) is 30.5 Å². The molecule has 10 nitrogen and oxygen atoms in total. The molecule has 1 aromatic heterocycles. The van der Waals surface area contributed by atoms with Crippen molar-refractivity contribution in [2.24, 2.45) is 17.8 Å². The minimum atomic E-state index is -0.604. The highest BCUT2D eigenvalue weighted by Crippen LogP contribution is 2.32. The maximum absolute atomic E-state index is 13.0. The van der Waals surface area contributed by atoms with Crippen LogP contribution in [0.1, 0.15) is 78.8 Å². The average Bonchev–Trinajstić information content (AvgIpc) is 3.66. The number of nitrogens with one attached hydrogen (secondary N) is 2. The third kappa shape index (κ3) is 11.0. The van der Waals surface area contributed by atoms with Crippen molar-refractivity contribution in [3.63, 3.8) is 0 Å². The van der Waals surface area contributed by atoms with Gasteiger partial charge in [0.25, 0.3) is 0 Å². The Morgan fingerprint density at radius 1 is 1.20 bits per heavy atom. The zero-order chi connectivity index (χ0) is 32.6. The third-order valence-electron chi connectivity index (χ3n) is 8.54. The fourth-order valence-electron chi connectivity index (χ4n) is 5.37. The van der Waals surface area contributed by atoms with Crippen LogP contribution in [0, 0.1) is 17.8 Å². The molecular formula is C34H57N5O5. The monoisotopic (exact) mass is 615 g/mol. The SMILES string of the molecule is CC.CC(C)C(C)C=O.CCn1nccc1-c1ccc(C(CO)NC(=O)C2CC(O)CN2C)c(OCCC2CCNCC2)c1. The van der Waals surface area contributed by atoms with Crippen LogP contribution in [0.4, 0.5) is 0 Å². The van der Waals surface area contributed by atoms with Crippen molar-refractivity contribution in [1.82, 2.24) is 25.3 Å². The second kappa shape index (κ2) is 19.6. The number of aryl methyl sites for hydroxylation is 1. The van der Waals surface area contributed by atoms with Crippen molar-refractivity contribution in [3.05, 3.63) is 36.0 Å². The van der Waals surface area contributed by atoms with Gasteiger partial charge in [0.05, 0.1) is 37.1 Å². The second-order valence-corrected chi connectivity index (χ2v) is 11.9. The molecule has 4 unspecified atom stereocenters. The van der Waals surface area contributed by atoms with Crippen LogP contribution in [-0.4, -0.2) is 89.1 Å². The van der Waals surface area contributed by atoms with Gasteiger partial charge in [-0.1, -0.05) is 46.8 Å². The van der Waals surface area contributed by atoms with Crippen molar-refractivity contribution in [2.45, 2.75) is 92.0 Å². The first-order chi connectivity index (χ1) is 21.2. The Bertz CT molecular complexity index is 1120. The lowest BCUT2D eigenvalue weighted by atomic mass is 9.95. The van der Waals surface area contributed by atoms with Crippen molar-refractivity contribution in [2.75, 3.05) is 39.9 Å². The van der Waals surface area contributed by atoms with Crippen molar-refractivity contribution >= 4 is 12.2 Å². The van der Waals surface area contributed by atoms with Crippen LogP contribution in [0.3, 0.4) is 0 Å². The Morgan fingerprint density at radius 3 is 2.45 bits per heavy atom. The molecule has 3 heterocycles. The van der Waals surface area contributed by atoms with Crippen LogP contribution < -0.4 is 15.4 Å². The number of aliphatic hydroxyl groups excluding tert-OH is 2. The largest absolute Gasteiger partial charge is 0.493 e. The summed E-state index contributed by atoms with van der Waals surface area (Å²) in [7, 11) is 1.83. The summed E-state index contributed by atoms with van der Waals surface area (Å²) in [6.45, 7) is 15.7. The number of β-amino-alcohol motifs (C(OH)–C–C–N with tert-alkyl or cyclic N) is 1. The maximum Gasteiger partial charge on any atom is 0.238 e. The van der Waals surface area contributed by atoms with E-state index < -0.39 is 18.2 Å². The lowest BCUT2D eigenvalue weighted by molar-refractivity contribution is -0.126. The van der Waals surface area contributed by atoms with Crippen LogP contribution in [0.2, 0.25) is 0 Å². The van der Waals surface area contributed by atoms with E-state index in [1.165, 1.54) is 0 Å². The molecule has 1 amide bonds. The van der Waals surface area contributed by atoms with Gasteiger partial charge in [0.2, 0.25) is 5.91 Å². The molecule has 44 heavy (non-hydrogen) atoms. The van der Waals surface area contributed by atoms with Crippen molar-refractivity contribution in [3.8, 4) is 17.0 Å². The summed E-state index contributed by atoms with van der Waals surface area (Å²) in [5.74, 6) is 1.83. The molecule has 0 bridgehead atoms. The Morgan fingerprint density at radius 2 is 1.91 bits per heavy atom. The lowest BCUT2D eigenvalue weighted by Crippen LogP contribution is -2.43. The molecule has 2 saturated heterocycles. The Balaban J connectivity index is 0.000000661. The van der Waals surface area contributed by atoms with Gasteiger partial charge in [-0.15, -0.1) is 0 Å². The van der Waals surface area contributed by atoms with E-state index in [9.17, 15) is 19.8 Å². The van der Waals surface area contributed by atoms with Gasteiger partial charge in [0.15, 0.2) is 0 Å². The third-order valence-corrected chi connectivity index (χ3v) is 8.54. The first-order valence-corrected chi connectivity index (χ1v) is 16.4. The number of rotatable bonds is 12. The van der Waals surface area contributed by atoms with Gasteiger partial charge < -0.3 is 30.4 Å². The van der Waals surface area contributed by atoms with E-state index in [0.29, 0.717) is 37.2 Å². The number of aldehydes is 1.